The second-order valence-corrected chi connectivity index (χ2v) is 5.41. The van der Waals surface area contributed by atoms with Crippen molar-refractivity contribution in [3.05, 3.63) is 34.3 Å². The molecule has 2 N–H and O–H groups in total. The fraction of sp³-hybridized carbons (Fsp3) is 0.571. The quantitative estimate of drug-likeness (QED) is 0.837. The first kappa shape index (κ1) is 11.9. The summed E-state index contributed by atoms with van der Waals surface area (Å²) in [7, 11) is 0. The fourth-order valence-electron chi connectivity index (χ4n) is 2.64. The van der Waals surface area contributed by atoms with Gasteiger partial charge >= 0.3 is 0 Å². The van der Waals surface area contributed by atoms with Crippen LogP contribution in [0.3, 0.4) is 0 Å². The first-order valence-electron chi connectivity index (χ1n) is 6.18. The molecule has 1 fully saturated rings. The van der Waals surface area contributed by atoms with E-state index < -0.39 is 0 Å². The maximum absolute atomic E-state index is 6.25. The van der Waals surface area contributed by atoms with E-state index in [1.165, 1.54) is 31.2 Å². The number of benzene rings is 1. The normalized spacial score (nSPS) is 18.9. The van der Waals surface area contributed by atoms with Crippen molar-refractivity contribution in [1.29, 1.82) is 0 Å². The van der Waals surface area contributed by atoms with Crippen LogP contribution in [0.5, 0.6) is 0 Å². The molecule has 0 spiro atoms. The van der Waals surface area contributed by atoms with E-state index in [1.807, 2.05) is 13.0 Å². The number of hydrogen-bond donors (Lipinski definition) is 1. The summed E-state index contributed by atoms with van der Waals surface area (Å²) in [6, 6.07) is 6.33. The lowest BCUT2D eigenvalue weighted by molar-refractivity contribution is 0.451. The SMILES string of the molecule is Cc1cc(C(N)CC2CCCC2)ccc1Cl. The van der Waals surface area contributed by atoms with Gasteiger partial charge in [-0.3, -0.25) is 0 Å². The van der Waals surface area contributed by atoms with Crippen molar-refractivity contribution in [2.45, 2.75) is 45.1 Å². The molecule has 2 rings (SSSR count). The number of hydrogen-bond acceptors (Lipinski definition) is 1. The summed E-state index contributed by atoms with van der Waals surface area (Å²) >= 11 is 6.01. The Kier molecular flexibility index (Phi) is 3.88. The molecule has 0 aromatic heterocycles. The second-order valence-electron chi connectivity index (χ2n) is 5.00. The van der Waals surface area contributed by atoms with Gasteiger partial charge in [-0.1, -0.05) is 49.4 Å². The molecule has 2 heteroatoms. The van der Waals surface area contributed by atoms with Gasteiger partial charge in [0.25, 0.3) is 0 Å². The van der Waals surface area contributed by atoms with Crippen LogP contribution in [0.15, 0.2) is 18.2 Å². The van der Waals surface area contributed by atoms with Gasteiger partial charge in [0.1, 0.15) is 0 Å². The van der Waals surface area contributed by atoms with Crippen LogP contribution in [0.4, 0.5) is 0 Å². The van der Waals surface area contributed by atoms with Crippen molar-refractivity contribution < 1.29 is 0 Å². The number of aryl methyl sites for hydroxylation is 1. The summed E-state index contributed by atoms with van der Waals surface area (Å²) in [4.78, 5) is 0. The van der Waals surface area contributed by atoms with Crippen molar-refractivity contribution >= 4 is 11.6 Å². The van der Waals surface area contributed by atoms with Gasteiger partial charge in [0.2, 0.25) is 0 Å². The van der Waals surface area contributed by atoms with E-state index in [1.54, 1.807) is 0 Å². The minimum Gasteiger partial charge on any atom is -0.324 e. The summed E-state index contributed by atoms with van der Waals surface area (Å²) in [5.74, 6) is 0.839. The highest BCUT2D eigenvalue weighted by Gasteiger charge is 2.19. The van der Waals surface area contributed by atoms with Crippen molar-refractivity contribution in [3.8, 4) is 0 Å². The summed E-state index contributed by atoms with van der Waals surface area (Å²) in [5, 5.41) is 0.830. The number of rotatable bonds is 3. The molecule has 0 heterocycles. The van der Waals surface area contributed by atoms with Crippen LogP contribution in [-0.4, -0.2) is 0 Å². The van der Waals surface area contributed by atoms with Crippen LogP contribution in [0.25, 0.3) is 0 Å². The average molecular weight is 238 g/mol. The highest BCUT2D eigenvalue weighted by Crippen LogP contribution is 2.32. The molecule has 88 valence electrons. The lowest BCUT2D eigenvalue weighted by Crippen LogP contribution is -2.14. The Morgan fingerprint density at radius 3 is 2.69 bits per heavy atom. The van der Waals surface area contributed by atoms with Gasteiger partial charge in [0.05, 0.1) is 0 Å². The molecule has 0 amide bonds. The smallest absolute Gasteiger partial charge is 0.0435 e. The van der Waals surface area contributed by atoms with Gasteiger partial charge < -0.3 is 5.73 Å². The van der Waals surface area contributed by atoms with Gasteiger partial charge in [0, 0.05) is 11.1 Å². The van der Waals surface area contributed by atoms with Crippen molar-refractivity contribution in [3.63, 3.8) is 0 Å². The van der Waals surface area contributed by atoms with E-state index in [2.05, 4.69) is 12.1 Å². The fourth-order valence-corrected chi connectivity index (χ4v) is 2.76. The Labute approximate surface area is 103 Å². The van der Waals surface area contributed by atoms with Crippen molar-refractivity contribution in [2.75, 3.05) is 0 Å². The zero-order valence-electron chi connectivity index (χ0n) is 9.88. The molecule has 1 saturated carbocycles. The van der Waals surface area contributed by atoms with E-state index in [4.69, 9.17) is 17.3 Å². The molecule has 0 saturated heterocycles. The number of halogens is 1. The summed E-state index contributed by atoms with van der Waals surface area (Å²) in [6.07, 6.45) is 6.62. The van der Waals surface area contributed by atoms with E-state index in [0.29, 0.717) is 0 Å². The maximum Gasteiger partial charge on any atom is 0.0435 e. The third kappa shape index (κ3) is 2.78. The summed E-state index contributed by atoms with van der Waals surface area (Å²) in [6.45, 7) is 2.04. The van der Waals surface area contributed by atoms with Gasteiger partial charge in [-0.05, 0) is 36.5 Å². The summed E-state index contributed by atoms with van der Waals surface area (Å²) < 4.78 is 0. The minimum atomic E-state index is 0.180. The van der Waals surface area contributed by atoms with Crippen LogP contribution in [0, 0.1) is 12.8 Å². The first-order chi connectivity index (χ1) is 7.66. The molecule has 1 atom stereocenters. The Bertz CT molecular complexity index is 356. The molecule has 0 radical (unpaired) electrons. The van der Waals surface area contributed by atoms with Gasteiger partial charge in [-0.2, -0.15) is 0 Å². The molecular weight excluding hydrogens is 218 g/mol. The third-order valence-corrected chi connectivity index (χ3v) is 4.10. The molecule has 16 heavy (non-hydrogen) atoms. The van der Waals surface area contributed by atoms with E-state index >= 15 is 0 Å². The highest BCUT2D eigenvalue weighted by atomic mass is 35.5. The van der Waals surface area contributed by atoms with Crippen LogP contribution >= 0.6 is 11.6 Å². The number of nitrogens with two attached hydrogens (primary N) is 1. The average Bonchev–Trinajstić information content (AvgIpc) is 2.74. The monoisotopic (exact) mass is 237 g/mol. The summed E-state index contributed by atoms with van der Waals surface area (Å²) in [5.41, 5.74) is 8.61. The zero-order valence-corrected chi connectivity index (χ0v) is 10.6. The maximum atomic E-state index is 6.25. The molecular formula is C14H20ClN. The Morgan fingerprint density at radius 1 is 1.38 bits per heavy atom. The lowest BCUT2D eigenvalue weighted by atomic mass is 9.93. The topological polar surface area (TPSA) is 26.0 Å². The third-order valence-electron chi connectivity index (χ3n) is 3.67. The lowest BCUT2D eigenvalue weighted by Gasteiger charge is -2.17. The van der Waals surface area contributed by atoms with E-state index in [-0.39, 0.29) is 6.04 Å². The van der Waals surface area contributed by atoms with Crippen molar-refractivity contribution in [2.24, 2.45) is 11.7 Å². The van der Waals surface area contributed by atoms with Gasteiger partial charge in [0.15, 0.2) is 0 Å². The highest BCUT2D eigenvalue weighted by molar-refractivity contribution is 6.31. The molecule has 0 bridgehead atoms. The second kappa shape index (κ2) is 5.20. The van der Waals surface area contributed by atoms with Crippen LogP contribution in [0.1, 0.15) is 49.3 Å². The zero-order chi connectivity index (χ0) is 11.5. The Hall–Kier alpha value is -0.530. The molecule has 1 unspecified atom stereocenters. The Balaban J connectivity index is 2.02. The molecule has 0 aliphatic heterocycles. The van der Waals surface area contributed by atoms with E-state index in [0.717, 1.165) is 22.9 Å². The molecule has 1 aliphatic carbocycles. The van der Waals surface area contributed by atoms with Crippen LogP contribution in [-0.2, 0) is 0 Å². The van der Waals surface area contributed by atoms with Crippen molar-refractivity contribution in [1.82, 2.24) is 0 Å². The van der Waals surface area contributed by atoms with Gasteiger partial charge in [-0.25, -0.2) is 0 Å². The molecule has 1 aromatic carbocycles. The Morgan fingerprint density at radius 2 is 2.06 bits per heavy atom. The predicted molar refractivity (Wildman–Crippen MR) is 69.7 cm³/mol. The van der Waals surface area contributed by atoms with Crippen LogP contribution < -0.4 is 5.73 Å². The van der Waals surface area contributed by atoms with E-state index in [9.17, 15) is 0 Å². The molecule has 1 nitrogen and oxygen atoms in total. The predicted octanol–water partition coefficient (Wildman–Crippen LogP) is 4.23. The molecule has 1 aliphatic rings. The first-order valence-corrected chi connectivity index (χ1v) is 6.56. The largest absolute Gasteiger partial charge is 0.324 e. The minimum absolute atomic E-state index is 0.180. The standard InChI is InChI=1S/C14H20ClN/c1-10-8-12(6-7-13(10)15)14(16)9-11-4-2-3-5-11/h6-8,11,14H,2-5,9,16H2,1H3. The molecule has 1 aromatic rings. The van der Waals surface area contributed by atoms with Crippen LogP contribution in [0.2, 0.25) is 5.02 Å². The van der Waals surface area contributed by atoms with Gasteiger partial charge in [-0.15, -0.1) is 0 Å².